The van der Waals surface area contributed by atoms with E-state index in [2.05, 4.69) is 16.6 Å². The predicted molar refractivity (Wildman–Crippen MR) is 176 cm³/mol. The van der Waals surface area contributed by atoms with E-state index in [1.54, 1.807) is 65.8 Å². The fourth-order valence-corrected chi connectivity index (χ4v) is 4.91. The Morgan fingerprint density at radius 1 is 0.894 bits per heavy atom. The molecule has 1 fully saturated rings. The van der Waals surface area contributed by atoms with E-state index in [4.69, 9.17) is 21.6 Å². The molecule has 11 heteroatoms. The zero-order valence-electron chi connectivity index (χ0n) is 28.0. The van der Waals surface area contributed by atoms with E-state index in [9.17, 15) is 24.0 Å². The topological polar surface area (TPSA) is 157 Å². The van der Waals surface area contributed by atoms with E-state index >= 15 is 0 Å². The Morgan fingerprint density at radius 3 is 2.00 bits per heavy atom. The van der Waals surface area contributed by atoms with Crippen LogP contribution in [0.25, 0.3) is 0 Å². The van der Waals surface area contributed by atoms with E-state index in [1.807, 2.05) is 30.3 Å². The number of ether oxygens (including phenoxy) is 2. The lowest BCUT2D eigenvalue weighted by atomic mass is 9.99. The van der Waals surface area contributed by atoms with Crippen LogP contribution in [0, 0.1) is 12.3 Å². The number of terminal acetylenes is 1. The third-order valence-electron chi connectivity index (χ3n) is 7.07. The van der Waals surface area contributed by atoms with Gasteiger partial charge in [-0.15, -0.1) is 6.42 Å². The number of hydrogen-bond acceptors (Lipinski definition) is 7. The van der Waals surface area contributed by atoms with E-state index in [-0.39, 0.29) is 25.3 Å². The number of primary amides is 1. The molecule has 47 heavy (non-hydrogen) atoms. The van der Waals surface area contributed by atoms with Gasteiger partial charge in [-0.1, -0.05) is 48.4 Å². The minimum Gasteiger partial charge on any atom is -0.458 e. The molecule has 1 aliphatic carbocycles. The molecule has 3 unspecified atom stereocenters. The normalized spacial score (nSPS) is 14.8. The van der Waals surface area contributed by atoms with Crippen molar-refractivity contribution in [2.45, 2.75) is 109 Å². The largest absolute Gasteiger partial charge is 0.458 e. The zero-order chi connectivity index (χ0) is 34.9. The van der Waals surface area contributed by atoms with Crippen LogP contribution in [0.15, 0.2) is 54.6 Å². The first kappa shape index (κ1) is 36.6. The summed E-state index contributed by atoms with van der Waals surface area (Å²) in [5.41, 5.74) is 5.53. The number of esters is 1. The molecule has 4 amide bonds. The molecule has 3 atom stereocenters. The molecule has 0 aliphatic heterocycles. The maximum Gasteiger partial charge on any atom is 0.408 e. The molecule has 0 aromatic heterocycles. The van der Waals surface area contributed by atoms with Crippen molar-refractivity contribution < 1.29 is 33.4 Å². The summed E-state index contributed by atoms with van der Waals surface area (Å²) in [4.78, 5) is 68.2. The van der Waals surface area contributed by atoms with Crippen molar-refractivity contribution in [1.29, 1.82) is 0 Å². The van der Waals surface area contributed by atoms with Crippen LogP contribution >= 0.6 is 0 Å². The van der Waals surface area contributed by atoms with Gasteiger partial charge in [-0.05, 0) is 84.1 Å². The Hall–Kier alpha value is -4.85. The predicted octanol–water partition coefficient (Wildman–Crippen LogP) is 3.93. The lowest BCUT2D eigenvalue weighted by Gasteiger charge is -2.35. The first-order chi connectivity index (χ1) is 22.0. The third kappa shape index (κ3) is 11.8. The summed E-state index contributed by atoms with van der Waals surface area (Å²) in [5, 5.41) is 5.44. The van der Waals surface area contributed by atoms with E-state index in [0.29, 0.717) is 24.0 Å². The van der Waals surface area contributed by atoms with Gasteiger partial charge in [0.25, 0.3) is 0 Å². The molecule has 0 spiro atoms. The number of carbonyl (C=O) groups is 5. The first-order valence-corrected chi connectivity index (χ1v) is 15.7. The molecular weight excluding hydrogens is 600 g/mol. The van der Waals surface area contributed by atoms with Gasteiger partial charge in [-0.3, -0.25) is 14.4 Å². The van der Waals surface area contributed by atoms with Gasteiger partial charge in [-0.2, -0.15) is 0 Å². The van der Waals surface area contributed by atoms with E-state index < -0.39 is 59.1 Å². The van der Waals surface area contributed by atoms with Crippen molar-refractivity contribution in [3.05, 3.63) is 71.3 Å². The number of benzene rings is 2. The molecular formula is C36H46N4O7. The highest BCUT2D eigenvalue weighted by Crippen LogP contribution is 2.36. The summed E-state index contributed by atoms with van der Waals surface area (Å²) in [7, 11) is 0. The van der Waals surface area contributed by atoms with Gasteiger partial charge in [0.2, 0.25) is 17.7 Å². The van der Waals surface area contributed by atoms with Crippen LogP contribution in [-0.4, -0.2) is 64.0 Å². The van der Waals surface area contributed by atoms with Crippen molar-refractivity contribution in [2.75, 3.05) is 0 Å². The van der Waals surface area contributed by atoms with Crippen molar-refractivity contribution in [3.63, 3.8) is 0 Å². The third-order valence-corrected chi connectivity index (χ3v) is 7.07. The molecule has 0 heterocycles. The van der Waals surface area contributed by atoms with Crippen LogP contribution in [-0.2, 0) is 35.1 Å². The smallest absolute Gasteiger partial charge is 0.408 e. The van der Waals surface area contributed by atoms with Crippen LogP contribution in [0.1, 0.15) is 90.0 Å². The highest BCUT2D eigenvalue weighted by molar-refractivity contribution is 5.94. The number of amides is 4. The fourth-order valence-electron chi connectivity index (χ4n) is 4.91. The second kappa shape index (κ2) is 15.6. The lowest BCUT2D eigenvalue weighted by Crippen LogP contribution is -2.55. The van der Waals surface area contributed by atoms with Gasteiger partial charge in [0.15, 0.2) is 0 Å². The van der Waals surface area contributed by atoms with Gasteiger partial charge in [0, 0.05) is 24.4 Å². The zero-order valence-corrected chi connectivity index (χ0v) is 28.0. The van der Waals surface area contributed by atoms with Crippen LogP contribution < -0.4 is 16.4 Å². The molecule has 2 aromatic carbocycles. The average Bonchev–Trinajstić information content (AvgIpc) is 3.81. The molecule has 0 radical (unpaired) electrons. The SMILES string of the molecule is C#Cc1ccc(C(C(=O)NC(Cc2ccccc2)C(=O)OC(C)(C)C)N(C(=O)C(CCC(N)=O)NC(=O)OC(C)(C)C)C2CC2)cc1. The van der Waals surface area contributed by atoms with Crippen LogP contribution in [0.2, 0.25) is 0 Å². The second-order valence-electron chi connectivity index (χ2n) is 13.6. The molecule has 252 valence electrons. The second-order valence-corrected chi connectivity index (χ2v) is 13.6. The summed E-state index contributed by atoms with van der Waals surface area (Å²) in [6, 6.07) is 11.9. The highest BCUT2D eigenvalue weighted by atomic mass is 16.6. The van der Waals surface area contributed by atoms with Crippen LogP contribution in [0.3, 0.4) is 0 Å². The molecule has 1 aliphatic rings. The quantitative estimate of drug-likeness (QED) is 0.220. The highest BCUT2D eigenvalue weighted by Gasteiger charge is 2.45. The fraction of sp³-hybridized carbons (Fsp3) is 0.472. The van der Waals surface area contributed by atoms with Gasteiger partial charge in [0.1, 0.15) is 29.3 Å². The molecule has 0 saturated heterocycles. The Kier molecular flexibility index (Phi) is 12.2. The Morgan fingerprint density at radius 2 is 1.49 bits per heavy atom. The number of alkyl carbamates (subject to hydrolysis) is 1. The minimum atomic E-state index is -1.23. The maximum absolute atomic E-state index is 14.4. The van der Waals surface area contributed by atoms with Crippen molar-refractivity contribution in [1.82, 2.24) is 15.5 Å². The summed E-state index contributed by atoms with van der Waals surface area (Å²) >= 11 is 0. The Labute approximate surface area is 276 Å². The number of rotatable bonds is 13. The minimum absolute atomic E-state index is 0.116. The molecule has 11 nitrogen and oxygen atoms in total. The maximum atomic E-state index is 14.4. The molecule has 1 saturated carbocycles. The molecule has 0 bridgehead atoms. The molecule has 2 aromatic rings. The van der Waals surface area contributed by atoms with Gasteiger partial charge >= 0.3 is 12.1 Å². The average molecular weight is 647 g/mol. The van der Waals surface area contributed by atoms with Crippen LogP contribution in [0.5, 0.6) is 0 Å². The van der Waals surface area contributed by atoms with E-state index in [1.165, 1.54) is 4.90 Å². The summed E-state index contributed by atoms with van der Waals surface area (Å²) in [6.07, 6.45) is 5.75. The number of nitrogens with one attached hydrogen (secondary N) is 2. The lowest BCUT2D eigenvalue weighted by molar-refractivity contribution is -0.159. The summed E-state index contributed by atoms with van der Waals surface area (Å²) in [6.45, 7) is 10.2. The number of hydrogen-bond donors (Lipinski definition) is 3. The number of nitrogens with two attached hydrogens (primary N) is 1. The van der Waals surface area contributed by atoms with Crippen molar-refractivity contribution >= 4 is 29.8 Å². The monoisotopic (exact) mass is 646 g/mol. The molecule has 4 N–H and O–H groups in total. The van der Waals surface area contributed by atoms with Crippen LogP contribution in [0.4, 0.5) is 4.79 Å². The van der Waals surface area contributed by atoms with Gasteiger partial charge in [0.05, 0.1) is 0 Å². The summed E-state index contributed by atoms with van der Waals surface area (Å²) < 4.78 is 11.1. The Bertz CT molecular complexity index is 1470. The number of nitrogens with zero attached hydrogens (tertiary/aromatic N) is 1. The molecule has 3 rings (SSSR count). The van der Waals surface area contributed by atoms with E-state index in [0.717, 1.165) is 5.56 Å². The van der Waals surface area contributed by atoms with Gasteiger partial charge < -0.3 is 30.7 Å². The number of carbonyl (C=O) groups excluding carboxylic acids is 5. The Balaban J connectivity index is 2.05. The van der Waals surface area contributed by atoms with Gasteiger partial charge in [-0.25, -0.2) is 9.59 Å². The van der Waals surface area contributed by atoms with Crippen molar-refractivity contribution in [3.8, 4) is 12.3 Å². The first-order valence-electron chi connectivity index (χ1n) is 15.7. The summed E-state index contributed by atoms with van der Waals surface area (Å²) in [5.74, 6) is 0.0229. The van der Waals surface area contributed by atoms with Crippen molar-refractivity contribution in [2.24, 2.45) is 5.73 Å². The standard InChI is InChI=1S/C36H46N4O7/c1-8-23-14-16-25(17-15-23)30(31(42)38-28(33(44)46-35(2,3)4)22-24-12-10-9-11-13-24)40(26-18-19-26)32(43)27(20-21-29(37)41)39-34(45)47-36(5,6)7/h1,9-17,26-28,30H,18-22H2,2-7H3,(H2,37,41)(H,38,42)(H,39,45).